The minimum atomic E-state index is 0.388. The third kappa shape index (κ3) is 0.897. The van der Waals surface area contributed by atoms with Crippen molar-refractivity contribution < 1.29 is 0 Å². The largest absolute Gasteiger partial charge is 0.282 e. The molecule has 0 aromatic carbocycles. The van der Waals surface area contributed by atoms with Gasteiger partial charge in [-0.15, -0.1) is 0 Å². The summed E-state index contributed by atoms with van der Waals surface area (Å²) in [4.78, 5) is 8.55. The molecular weight excluding hydrogens is 124 g/mol. The molecule has 10 heavy (non-hydrogen) atoms. The van der Waals surface area contributed by atoms with Crippen LogP contribution in [-0.2, 0) is 0 Å². The van der Waals surface area contributed by atoms with Gasteiger partial charge < -0.3 is 0 Å². The molecule has 0 saturated heterocycles. The first-order chi connectivity index (χ1) is 4.97. The van der Waals surface area contributed by atoms with Gasteiger partial charge in [0.1, 0.15) is 0 Å². The van der Waals surface area contributed by atoms with E-state index in [1.165, 1.54) is 25.0 Å². The SMILES string of the molecule is C1=NC2=CCCCC2N=C1. The van der Waals surface area contributed by atoms with Crippen LogP contribution >= 0.6 is 0 Å². The van der Waals surface area contributed by atoms with Crippen molar-refractivity contribution in [2.45, 2.75) is 25.3 Å². The summed E-state index contributed by atoms with van der Waals surface area (Å²) in [6.45, 7) is 0. The molecule has 1 aliphatic carbocycles. The zero-order valence-corrected chi connectivity index (χ0v) is 5.83. The van der Waals surface area contributed by atoms with E-state index in [2.05, 4.69) is 16.1 Å². The molecule has 0 aromatic rings. The van der Waals surface area contributed by atoms with Crippen molar-refractivity contribution in [2.75, 3.05) is 0 Å². The van der Waals surface area contributed by atoms with Crippen molar-refractivity contribution in [3.63, 3.8) is 0 Å². The molecule has 2 nitrogen and oxygen atoms in total. The normalized spacial score (nSPS) is 29.6. The summed E-state index contributed by atoms with van der Waals surface area (Å²) in [5.74, 6) is 0. The molecule has 2 aliphatic rings. The number of allylic oxidation sites excluding steroid dienone is 1. The number of fused-ring (bicyclic) bond motifs is 1. The average Bonchev–Trinajstić information content (AvgIpc) is 2.05. The standard InChI is InChI=1S/C8H10N2/c1-2-4-8-7(3-1)9-5-6-10-8/h3,5-6,8H,1-2,4H2. The van der Waals surface area contributed by atoms with Crippen LogP contribution in [-0.4, -0.2) is 18.5 Å². The van der Waals surface area contributed by atoms with E-state index in [0.29, 0.717) is 6.04 Å². The van der Waals surface area contributed by atoms with Crippen LogP contribution in [0, 0.1) is 0 Å². The zero-order valence-electron chi connectivity index (χ0n) is 5.83. The van der Waals surface area contributed by atoms with Gasteiger partial charge in [0, 0.05) is 12.4 Å². The maximum absolute atomic E-state index is 4.31. The Morgan fingerprint density at radius 2 is 2.40 bits per heavy atom. The second-order valence-corrected chi connectivity index (χ2v) is 2.65. The Kier molecular flexibility index (Phi) is 1.38. The lowest BCUT2D eigenvalue weighted by Gasteiger charge is -2.18. The molecule has 0 saturated carbocycles. The minimum absolute atomic E-state index is 0.388. The first-order valence-corrected chi connectivity index (χ1v) is 3.73. The van der Waals surface area contributed by atoms with Crippen LogP contribution in [0.15, 0.2) is 21.8 Å². The third-order valence-corrected chi connectivity index (χ3v) is 1.93. The smallest absolute Gasteiger partial charge is 0.0917 e. The topological polar surface area (TPSA) is 24.7 Å². The van der Waals surface area contributed by atoms with Gasteiger partial charge in [-0.3, -0.25) is 9.98 Å². The van der Waals surface area contributed by atoms with E-state index in [-0.39, 0.29) is 0 Å². The Morgan fingerprint density at radius 1 is 1.40 bits per heavy atom. The summed E-state index contributed by atoms with van der Waals surface area (Å²) in [5, 5.41) is 0. The summed E-state index contributed by atoms with van der Waals surface area (Å²) in [6.07, 6.45) is 9.39. The van der Waals surface area contributed by atoms with Gasteiger partial charge in [-0.25, -0.2) is 0 Å². The fourth-order valence-corrected chi connectivity index (χ4v) is 1.40. The Morgan fingerprint density at radius 3 is 3.30 bits per heavy atom. The summed E-state index contributed by atoms with van der Waals surface area (Å²) in [5.41, 5.74) is 1.17. The second-order valence-electron chi connectivity index (χ2n) is 2.65. The summed E-state index contributed by atoms with van der Waals surface area (Å²) >= 11 is 0. The lowest BCUT2D eigenvalue weighted by atomic mass is 9.99. The summed E-state index contributed by atoms with van der Waals surface area (Å²) < 4.78 is 0. The Labute approximate surface area is 60.4 Å². The van der Waals surface area contributed by atoms with Crippen molar-refractivity contribution >= 4 is 12.4 Å². The maximum Gasteiger partial charge on any atom is 0.0917 e. The second kappa shape index (κ2) is 2.37. The molecule has 0 N–H and O–H groups in total. The highest BCUT2D eigenvalue weighted by Crippen LogP contribution is 2.22. The van der Waals surface area contributed by atoms with Crippen LogP contribution in [0.4, 0.5) is 0 Å². The van der Waals surface area contributed by atoms with E-state index in [0.717, 1.165) is 0 Å². The average molecular weight is 134 g/mol. The number of aliphatic imine (C=N–C) groups is 2. The van der Waals surface area contributed by atoms with Crippen molar-refractivity contribution in [2.24, 2.45) is 9.98 Å². The molecule has 0 amide bonds. The van der Waals surface area contributed by atoms with Crippen LogP contribution in [0.25, 0.3) is 0 Å². The fourth-order valence-electron chi connectivity index (χ4n) is 1.40. The zero-order chi connectivity index (χ0) is 6.81. The molecule has 0 spiro atoms. The van der Waals surface area contributed by atoms with Crippen LogP contribution in [0.5, 0.6) is 0 Å². The van der Waals surface area contributed by atoms with Crippen molar-refractivity contribution in [1.82, 2.24) is 0 Å². The lowest BCUT2D eigenvalue weighted by Crippen LogP contribution is -2.14. The van der Waals surface area contributed by atoms with Crippen molar-refractivity contribution in [3.05, 3.63) is 11.8 Å². The predicted molar refractivity (Wildman–Crippen MR) is 42.7 cm³/mol. The van der Waals surface area contributed by atoms with E-state index < -0.39 is 0 Å². The lowest BCUT2D eigenvalue weighted by molar-refractivity contribution is 0.612. The van der Waals surface area contributed by atoms with Gasteiger partial charge in [0.05, 0.1) is 11.7 Å². The van der Waals surface area contributed by atoms with Gasteiger partial charge in [-0.2, -0.15) is 0 Å². The van der Waals surface area contributed by atoms with Crippen LogP contribution < -0.4 is 0 Å². The summed E-state index contributed by atoms with van der Waals surface area (Å²) in [7, 11) is 0. The van der Waals surface area contributed by atoms with Gasteiger partial charge >= 0.3 is 0 Å². The number of hydrogen-bond acceptors (Lipinski definition) is 2. The molecule has 1 aliphatic heterocycles. The van der Waals surface area contributed by atoms with Crippen LogP contribution in [0.2, 0.25) is 0 Å². The summed E-state index contributed by atoms with van der Waals surface area (Å²) in [6, 6.07) is 0.388. The molecule has 0 radical (unpaired) electrons. The predicted octanol–water partition coefficient (Wildman–Crippen LogP) is 1.58. The van der Waals surface area contributed by atoms with Crippen molar-refractivity contribution in [1.29, 1.82) is 0 Å². The molecule has 1 heterocycles. The van der Waals surface area contributed by atoms with Crippen LogP contribution in [0.1, 0.15) is 19.3 Å². The van der Waals surface area contributed by atoms with E-state index in [4.69, 9.17) is 0 Å². The highest BCUT2D eigenvalue weighted by molar-refractivity contribution is 6.17. The van der Waals surface area contributed by atoms with Crippen molar-refractivity contribution in [3.8, 4) is 0 Å². The molecule has 1 atom stereocenters. The highest BCUT2D eigenvalue weighted by atomic mass is 14.9. The number of rotatable bonds is 0. The van der Waals surface area contributed by atoms with Gasteiger partial charge in [0.15, 0.2) is 0 Å². The van der Waals surface area contributed by atoms with Gasteiger partial charge in [0.2, 0.25) is 0 Å². The number of nitrogens with zero attached hydrogens (tertiary/aromatic N) is 2. The molecule has 2 heteroatoms. The first-order valence-electron chi connectivity index (χ1n) is 3.73. The fraction of sp³-hybridized carbons (Fsp3) is 0.500. The Bertz CT molecular complexity index is 213. The quantitative estimate of drug-likeness (QED) is 0.480. The van der Waals surface area contributed by atoms with Gasteiger partial charge in [-0.1, -0.05) is 6.08 Å². The molecule has 1 unspecified atom stereocenters. The minimum Gasteiger partial charge on any atom is -0.282 e. The van der Waals surface area contributed by atoms with Gasteiger partial charge in [0.25, 0.3) is 0 Å². The Hall–Kier alpha value is -0.920. The molecule has 52 valence electrons. The van der Waals surface area contributed by atoms with Crippen LogP contribution in [0.3, 0.4) is 0 Å². The molecule has 0 bridgehead atoms. The molecule has 0 aromatic heterocycles. The molecule has 0 fully saturated rings. The molecular formula is C8H10N2. The maximum atomic E-state index is 4.31. The molecule has 2 rings (SSSR count). The van der Waals surface area contributed by atoms with E-state index >= 15 is 0 Å². The van der Waals surface area contributed by atoms with E-state index in [9.17, 15) is 0 Å². The highest BCUT2D eigenvalue weighted by Gasteiger charge is 2.16. The van der Waals surface area contributed by atoms with Gasteiger partial charge in [-0.05, 0) is 19.3 Å². The number of hydrogen-bond donors (Lipinski definition) is 0. The van der Waals surface area contributed by atoms with E-state index in [1.54, 1.807) is 12.4 Å². The monoisotopic (exact) mass is 134 g/mol. The Balaban J connectivity index is 2.27. The first kappa shape index (κ1) is 5.83. The van der Waals surface area contributed by atoms with E-state index in [1.807, 2.05) is 0 Å². The third-order valence-electron chi connectivity index (χ3n) is 1.93.